The van der Waals surface area contributed by atoms with Crippen molar-refractivity contribution in [3.05, 3.63) is 0 Å². The normalized spacial score (nSPS) is 48.9. The minimum absolute atomic E-state index is 0.0302. The van der Waals surface area contributed by atoms with Gasteiger partial charge in [-0.3, -0.25) is 19.2 Å². The number of hydrogen-bond donors (Lipinski definition) is 0. The molecule has 0 unspecified atom stereocenters. The van der Waals surface area contributed by atoms with E-state index in [1.807, 2.05) is 0 Å². The van der Waals surface area contributed by atoms with Crippen molar-refractivity contribution in [2.75, 3.05) is 0 Å². The predicted octanol–water partition coefficient (Wildman–Crippen LogP) is -0.198. The third kappa shape index (κ3) is 0.921. The Kier molecular flexibility index (Phi) is 1.60. The van der Waals surface area contributed by atoms with Crippen LogP contribution in [0, 0.1) is 29.1 Å². The van der Waals surface area contributed by atoms with Crippen LogP contribution in [0.4, 0.5) is 0 Å². The molecule has 1 spiro atoms. The van der Waals surface area contributed by atoms with Crippen molar-refractivity contribution < 1.29 is 28.7 Å². The molecule has 4 aliphatic rings. The molecule has 2 heterocycles. The molecule has 0 N–H and O–H groups in total. The number of cyclic esters (lactones) is 4. The molecule has 6 nitrogen and oxygen atoms in total. The lowest BCUT2D eigenvalue weighted by Crippen LogP contribution is -2.41. The number of ether oxygens (including phenoxy) is 2. The Morgan fingerprint density at radius 1 is 1.00 bits per heavy atom. The number of rotatable bonds is 0. The van der Waals surface area contributed by atoms with E-state index in [9.17, 15) is 19.2 Å². The fourth-order valence-corrected chi connectivity index (χ4v) is 4.46. The van der Waals surface area contributed by atoms with Crippen molar-refractivity contribution >= 4 is 23.9 Å². The zero-order valence-electron chi connectivity index (χ0n) is 9.38. The fourth-order valence-electron chi connectivity index (χ4n) is 4.46. The fraction of sp³-hybridized carbons (Fsp3) is 0.667. The van der Waals surface area contributed by atoms with Gasteiger partial charge in [-0.25, -0.2) is 0 Å². The van der Waals surface area contributed by atoms with E-state index in [-0.39, 0.29) is 18.3 Å². The maximum Gasteiger partial charge on any atom is 0.320 e. The van der Waals surface area contributed by atoms with Gasteiger partial charge < -0.3 is 9.47 Å². The average molecular weight is 250 g/mol. The van der Waals surface area contributed by atoms with Crippen molar-refractivity contribution in [1.82, 2.24) is 0 Å². The molecular formula is C12H10O6. The molecule has 2 saturated heterocycles. The Morgan fingerprint density at radius 2 is 1.72 bits per heavy atom. The molecule has 0 amide bonds. The summed E-state index contributed by atoms with van der Waals surface area (Å²) in [7, 11) is 0. The molecule has 4 fully saturated rings. The molecule has 2 saturated carbocycles. The van der Waals surface area contributed by atoms with E-state index < -0.39 is 41.1 Å². The van der Waals surface area contributed by atoms with Gasteiger partial charge in [-0.05, 0) is 24.7 Å². The summed E-state index contributed by atoms with van der Waals surface area (Å²) < 4.78 is 9.31. The molecule has 4 rings (SSSR count). The molecule has 2 aliphatic carbocycles. The van der Waals surface area contributed by atoms with E-state index >= 15 is 0 Å². The molecule has 0 aromatic carbocycles. The van der Waals surface area contributed by atoms with Crippen LogP contribution >= 0.6 is 0 Å². The smallest absolute Gasteiger partial charge is 0.320 e. The quantitative estimate of drug-likeness (QED) is 0.437. The van der Waals surface area contributed by atoms with Gasteiger partial charge in [0.2, 0.25) is 0 Å². The zero-order valence-corrected chi connectivity index (χ0v) is 9.38. The van der Waals surface area contributed by atoms with Gasteiger partial charge in [0, 0.05) is 0 Å². The largest absolute Gasteiger partial charge is 0.393 e. The van der Waals surface area contributed by atoms with Gasteiger partial charge in [0.25, 0.3) is 0 Å². The van der Waals surface area contributed by atoms with Gasteiger partial charge >= 0.3 is 23.9 Å². The zero-order chi connectivity index (χ0) is 12.7. The molecule has 6 heteroatoms. The first-order valence-electron chi connectivity index (χ1n) is 6.03. The van der Waals surface area contributed by atoms with Crippen LogP contribution in [0.3, 0.4) is 0 Å². The monoisotopic (exact) mass is 250 g/mol. The van der Waals surface area contributed by atoms with Crippen LogP contribution in [-0.2, 0) is 28.7 Å². The van der Waals surface area contributed by atoms with Gasteiger partial charge in [-0.15, -0.1) is 0 Å². The van der Waals surface area contributed by atoms with E-state index in [4.69, 9.17) is 0 Å². The molecule has 94 valence electrons. The third-order valence-electron chi connectivity index (χ3n) is 5.04. The van der Waals surface area contributed by atoms with Crippen LogP contribution in [0.1, 0.15) is 19.3 Å². The van der Waals surface area contributed by atoms with Crippen LogP contribution in [0.5, 0.6) is 0 Å². The first-order valence-corrected chi connectivity index (χ1v) is 6.03. The Balaban J connectivity index is 1.78. The third-order valence-corrected chi connectivity index (χ3v) is 5.04. The summed E-state index contributed by atoms with van der Waals surface area (Å²) in [6.45, 7) is 0. The summed E-state index contributed by atoms with van der Waals surface area (Å²) in [5.74, 6) is -3.31. The summed E-state index contributed by atoms with van der Waals surface area (Å²) in [6, 6.07) is 0. The first kappa shape index (κ1) is 10.2. The van der Waals surface area contributed by atoms with E-state index in [0.29, 0.717) is 12.8 Å². The number of esters is 4. The second-order valence-electron chi connectivity index (χ2n) is 5.69. The Hall–Kier alpha value is -1.72. The lowest BCUT2D eigenvalue weighted by atomic mass is 9.64. The van der Waals surface area contributed by atoms with Crippen molar-refractivity contribution in [3.63, 3.8) is 0 Å². The summed E-state index contributed by atoms with van der Waals surface area (Å²) in [6.07, 6.45) is 1.14. The van der Waals surface area contributed by atoms with Gasteiger partial charge in [0.1, 0.15) is 0 Å². The van der Waals surface area contributed by atoms with Crippen molar-refractivity contribution in [3.8, 4) is 0 Å². The van der Waals surface area contributed by atoms with Crippen LogP contribution in [0.15, 0.2) is 0 Å². The minimum Gasteiger partial charge on any atom is -0.393 e. The Morgan fingerprint density at radius 3 is 2.39 bits per heavy atom. The standard InChI is InChI=1S/C12H10O6/c13-6-3-12(11(16)17-6)2-4-1-5(12)8-7(4)9(14)18-10(8)15/h4-5,7-8H,1-3H2/t4-,5-,7-,8+,12-/m1/s1. The van der Waals surface area contributed by atoms with E-state index in [1.165, 1.54) is 0 Å². The molecular weight excluding hydrogens is 240 g/mol. The number of carbonyl (C=O) groups is 4. The maximum atomic E-state index is 11.9. The minimum atomic E-state index is -0.868. The topological polar surface area (TPSA) is 86.7 Å². The average Bonchev–Trinajstić information content (AvgIpc) is 2.95. The lowest BCUT2D eigenvalue weighted by molar-refractivity contribution is -0.157. The Bertz CT molecular complexity index is 523. The van der Waals surface area contributed by atoms with Gasteiger partial charge in [-0.2, -0.15) is 0 Å². The molecule has 0 aromatic heterocycles. The van der Waals surface area contributed by atoms with E-state index in [1.54, 1.807) is 0 Å². The summed E-state index contributed by atoms with van der Waals surface area (Å²) in [5, 5.41) is 0. The summed E-state index contributed by atoms with van der Waals surface area (Å²) in [5.41, 5.74) is -0.868. The molecule has 18 heavy (non-hydrogen) atoms. The highest BCUT2D eigenvalue weighted by atomic mass is 16.6. The highest BCUT2D eigenvalue weighted by Gasteiger charge is 2.72. The second-order valence-corrected chi connectivity index (χ2v) is 5.69. The first-order chi connectivity index (χ1) is 8.53. The molecule has 0 aromatic rings. The van der Waals surface area contributed by atoms with Crippen LogP contribution in [-0.4, -0.2) is 23.9 Å². The molecule has 5 atom stereocenters. The van der Waals surface area contributed by atoms with E-state index in [0.717, 1.165) is 0 Å². The highest BCUT2D eigenvalue weighted by Crippen LogP contribution is 2.66. The summed E-state index contributed by atoms with van der Waals surface area (Å²) in [4.78, 5) is 46.5. The predicted molar refractivity (Wildman–Crippen MR) is 52.4 cm³/mol. The highest BCUT2D eigenvalue weighted by molar-refractivity contribution is 6.02. The SMILES string of the molecule is O=C1C[C@@]2(C[C@H]3C[C@@H]2[C@@H]2C(=O)OC(=O)[C@H]32)C(=O)O1. The van der Waals surface area contributed by atoms with Crippen LogP contribution < -0.4 is 0 Å². The number of hydrogen-bond acceptors (Lipinski definition) is 6. The van der Waals surface area contributed by atoms with Gasteiger partial charge in [0.05, 0.1) is 23.7 Å². The maximum absolute atomic E-state index is 11.9. The summed E-state index contributed by atoms with van der Waals surface area (Å²) >= 11 is 0. The Labute approximate surface area is 102 Å². The van der Waals surface area contributed by atoms with Crippen molar-refractivity contribution in [2.24, 2.45) is 29.1 Å². The van der Waals surface area contributed by atoms with Gasteiger partial charge in [-0.1, -0.05) is 0 Å². The van der Waals surface area contributed by atoms with Gasteiger partial charge in [0.15, 0.2) is 0 Å². The van der Waals surface area contributed by atoms with Crippen LogP contribution in [0.25, 0.3) is 0 Å². The second kappa shape index (κ2) is 2.81. The number of carbonyl (C=O) groups excluding carboxylic acids is 4. The van der Waals surface area contributed by atoms with Crippen LogP contribution in [0.2, 0.25) is 0 Å². The molecule has 2 aliphatic heterocycles. The molecule has 0 radical (unpaired) electrons. The molecule has 2 bridgehead atoms. The lowest BCUT2D eigenvalue weighted by Gasteiger charge is -2.32. The number of fused-ring (bicyclic) bond motifs is 6. The van der Waals surface area contributed by atoms with Crippen molar-refractivity contribution in [2.45, 2.75) is 19.3 Å². The van der Waals surface area contributed by atoms with Crippen molar-refractivity contribution in [1.29, 1.82) is 0 Å². The van der Waals surface area contributed by atoms with E-state index in [2.05, 4.69) is 9.47 Å².